The lowest BCUT2D eigenvalue weighted by Crippen LogP contribution is -2.26. The molecule has 1 aromatic heterocycles. The van der Waals surface area contributed by atoms with E-state index in [0.717, 1.165) is 0 Å². The Morgan fingerprint density at radius 3 is 3.00 bits per heavy atom. The molecule has 0 unspecified atom stereocenters. The van der Waals surface area contributed by atoms with Crippen LogP contribution in [0, 0.1) is 4.77 Å². The van der Waals surface area contributed by atoms with Crippen LogP contribution in [-0.4, -0.2) is 16.7 Å². The second-order valence-electron chi connectivity index (χ2n) is 2.08. The summed E-state index contributed by atoms with van der Waals surface area (Å²) >= 11 is 4.82. The van der Waals surface area contributed by atoms with Gasteiger partial charge in [-0.15, -0.1) is 0 Å². The second-order valence-corrected chi connectivity index (χ2v) is 2.46. The maximum absolute atomic E-state index is 11.3. The van der Waals surface area contributed by atoms with Gasteiger partial charge in [-0.25, -0.2) is 0 Å². The van der Waals surface area contributed by atoms with Crippen LogP contribution in [-0.2, 0) is 6.67 Å². The number of nitrogens with two attached hydrogens (primary N) is 1. The predicted molar refractivity (Wildman–Crippen MR) is 46.6 cm³/mol. The van der Waals surface area contributed by atoms with Gasteiger partial charge in [0.1, 0.15) is 0 Å². The van der Waals surface area contributed by atoms with Gasteiger partial charge in [0, 0.05) is 0 Å². The molecule has 0 radical (unpaired) electrons. The summed E-state index contributed by atoms with van der Waals surface area (Å²) in [6, 6.07) is 0. The highest BCUT2D eigenvalue weighted by Gasteiger charge is 2.02. The first-order valence-corrected chi connectivity index (χ1v) is 3.68. The van der Waals surface area contributed by atoms with Gasteiger partial charge in [0.25, 0.3) is 5.56 Å². The number of hydrogen-bond acceptors (Lipinski definition) is 4. The van der Waals surface area contributed by atoms with Crippen molar-refractivity contribution in [1.82, 2.24) is 9.55 Å². The molecule has 6 heteroatoms. The summed E-state index contributed by atoms with van der Waals surface area (Å²) in [5.74, 6) is 0.203. The fourth-order valence-corrected chi connectivity index (χ4v) is 1.02. The summed E-state index contributed by atoms with van der Waals surface area (Å²) in [7, 11) is 1.41. The van der Waals surface area contributed by atoms with E-state index in [1.54, 1.807) is 0 Å². The van der Waals surface area contributed by atoms with Crippen LogP contribution in [0.3, 0.4) is 0 Å². The Morgan fingerprint density at radius 1 is 1.83 bits per heavy atom. The van der Waals surface area contributed by atoms with Crippen molar-refractivity contribution in [3.63, 3.8) is 0 Å². The molecule has 5 nitrogen and oxygen atoms in total. The largest absolute Gasteiger partial charge is 0.490 e. The molecule has 0 aliphatic carbocycles. The number of nitrogens with one attached hydrogen (secondary N) is 1. The van der Waals surface area contributed by atoms with E-state index < -0.39 is 0 Å². The van der Waals surface area contributed by atoms with Crippen LogP contribution >= 0.6 is 12.2 Å². The molecule has 0 aliphatic rings. The minimum absolute atomic E-state index is 0.0470. The Labute approximate surface area is 73.8 Å². The third kappa shape index (κ3) is 1.39. The molecule has 0 aromatic carbocycles. The highest BCUT2D eigenvalue weighted by molar-refractivity contribution is 7.71. The Bertz CT molecular complexity index is 381. The van der Waals surface area contributed by atoms with E-state index in [-0.39, 0.29) is 18.0 Å². The zero-order chi connectivity index (χ0) is 9.14. The highest BCUT2D eigenvalue weighted by atomic mass is 32.1. The highest BCUT2D eigenvalue weighted by Crippen LogP contribution is 1.97. The van der Waals surface area contributed by atoms with Gasteiger partial charge in [0.2, 0.25) is 5.75 Å². The zero-order valence-corrected chi connectivity index (χ0v) is 7.35. The molecule has 0 spiro atoms. The van der Waals surface area contributed by atoms with Gasteiger partial charge >= 0.3 is 0 Å². The minimum atomic E-state index is -0.316. The van der Waals surface area contributed by atoms with E-state index in [4.69, 9.17) is 22.7 Å². The molecule has 0 saturated heterocycles. The first-order valence-electron chi connectivity index (χ1n) is 3.27. The third-order valence-electron chi connectivity index (χ3n) is 1.43. The van der Waals surface area contributed by atoms with Crippen LogP contribution in [0.25, 0.3) is 0 Å². The predicted octanol–water partition coefficient (Wildman–Crippen LogP) is -0.169. The van der Waals surface area contributed by atoms with Crippen molar-refractivity contribution in [3.8, 4) is 5.75 Å². The van der Waals surface area contributed by atoms with E-state index in [1.165, 1.54) is 17.9 Å². The lowest BCUT2D eigenvalue weighted by molar-refractivity contribution is 0.398. The number of aromatic amines is 1. The number of aromatic nitrogens is 2. The molecule has 66 valence electrons. The number of H-pyrrole nitrogens is 1. The summed E-state index contributed by atoms with van der Waals surface area (Å²) in [5, 5.41) is 0. The average Bonchev–Trinajstić information content (AvgIpc) is 2.06. The maximum atomic E-state index is 11.3. The van der Waals surface area contributed by atoms with Gasteiger partial charge in [-0.1, -0.05) is 0 Å². The molecule has 0 atom stereocenters. The van der Waals surface area contributed by atoms with E-state index in [0.29, 0.717) is 4.77 Å². The molecule has 3 N–H and O–H groups in total. The quantitative estimate of drug-likeness (QED) is 0.630. The maximum Gasteiger partial charge on any atom is 0.297 e. The first-order chi connectivity index (χ1) is 5.70. The summed E-state index contributed by atoms with van der Waals surface area (Å²) in [6.07, 6.45) is 1.41. The Hall–Kier alpha value is -1.14. The van der Waals surface area contributed by atoms with Crippen LogP contribution in [0.5, 0.6) is 5.75 Å². The SMILES string of the molecule is COc1c[nH]c(=S)n(CN)c1=O. The number of methoxy groups -OCH3 is 1. The van der Waals surface area contributed by atoms with Crippen LogP contribution < -0.4 is 16.0 Å². The Morgan fingerprint density at radius 2 is 2.50 bits per heavy atom. The van der Waals surface area contributed by atoms with Gasteiger partial charge in [-0.2, -0.15) is 0 Å². The van der Waals surface area contributed by atoms with Crippen LogP contribution in [0.2, 0.25) is 0 Å². The zero-order valence-electron chi connectivity index (χ0n) is 6.53. The summed E-state index contributed by atoms with van der Waals surface area (Å²) < 4.78 is 6.29. The monoisotopic (exact) mass is 187 g/mol. The van der Waals surface area contributed by atoms with Gasteiger partial charge < -0.3 is 15.5 Å². The smallest absolute Gasteiger partial charge is 0.297 e. The van der Waals surface area contributed by atoms with E-state index >= 15 is 0 Å². The van der Waals surface area contributed by atoms with Crippen molar-refractivity contribution in [2.45, 2.75) is 6.67 Å². The fraction of sp³-hybridized carbons (Fsp3) is 0.333. The van der Waals surface area contributed by atoms with Crippen LogP contribution in [0.4, 0.5) is 0 Å². The molecule has 0 bridgehead atoms. The molecule has 0 fully saturated rings. The van der Waals surface area contributed by atoms with E-state index in [9.17, 15) is 4.79 Å². The molecule has 1 rings (SSSR count). The third-order valence-corrected chi connectivity index (χ3v) is 1.77. The van der Waals surface area contributed by atoms with Crippen LogP contribution in [0.1, 0.15) is 0 Å². The summed E-state index contributed by atoms with van der Waals surface area (Å²) in [4.78, 5) is 14.0. The molecule has 0 saturated carbocycles. The normalized spacial score (nSPS) is 9.83. The van der Waals surface area contributed by atoms with Crippen molar-refractivity contribution in [2.75, 3.05) is 7.11 Å². The lowest BCUT2D eigenvalue weighted by Gasteiger charge is -2.03. The standard InChI is InChI=1S/C6H9N3O2S/c1-11-4-2-8-6(12)9(3-7)5(4)10/h2H,3,7H2,1H3,(H,8,12). The fourth-order valence-electron chi connectivity index (χ4n) is 0.804. The number of hydrogen-bond donors (Lipinski definition) is 2. The molecular weight excluding hydrogens is 178 g/mol. The summed E-state index contributed by atoms with van der Waals surface area (Å²) in [6.45, 7) is 0.0470. The van der Waals surface area contributed by atoms with Crippen molar-refractivity contribution in [1.29, 1.82) is 0 Å². The van der Waals surface area contributed by atoms with Crippen molar-refractivity contribution < 1.29 is 4.74 Å². The van der Waals surface area contributed by atoms with Crippen molar-refractivity contribution >= 4 is 12.2 Å². The van der Waals surface area contributed by atoms with Gasteiger partial charge in [0.05, 0.1) is 20.0 Å². The van der Waals surface area contributed by atoms with Crippen molar-refractivity contribution in [3.05, 3.63) is 21.3 Å². The first kappa shape index (κ1) is 8.95. The number of nitrogens with zero attached hydrogens (tertiary/aromatic N) is 1. The van der Waals surface area contributed by atoms with Gasteiger partial charge in [-0.3, -0.25) is 9.36 Å². The minimum Gasteiger partial charge on any atom is -0.490 e. The number of ether oxygens (including phenoxy) is 1. The lowest BCUT2D eigenvalue weighted by atomic mass is 10.6. The molecule has 0 aliphatic heterocycles. The van der Waals surface area contributed by atoms with Gasteiger partial charge in [-0.05, 0) is 12.2 Å². The molecule has 1 aromatic rings. The Kier molecular flexibility index (Phi) is 2.61. The Balaban J connectivity index is 3.45. The number of rotatable bonds is 2. The summed E-state index contributed by atoms with van der Waals surface area (Å²) in [5.41, 5.74) is 4.98. The van der Waals surface area contributed by atoms with Crippen LogP contribution in [0.15, 0.2) is 11.0 Å². The topological polar surface area (TPSA) is 73.0 Å². The molecule has 0 amide bonds. The van der Waals surface area contributed by atoms with Crippen molar-refractivity contribution in [2.24, 2.45) is 5.73 Å². The average molecular weight is 187 g/mol. The van der Waals surface area contributed by atoms with E-state index in [1.807, 2.05) is 0 Å². The molecular formula is C6H9N3O2S. The molecule has 1 heterocycles. The van der Waals surface area contributed by atoms with Gasteiger partial charge in [0.15, 0.2) is 4.77 Å². The second kappa shape index (κ2) is 3.51. The molecule has 12 heavy (non-hydrogen) atoms. The van der Waals surface area contributed by atoms with E-state index in [2.05, 4.69) is 4.98 Å².